The third kappa shape index (κ3) is 4.10. The summed E-state index contributed by atoms with van der Waals surface area (Å²) in [5.74, 6) is -1.12. The molecule has 1 amide bonds. The van der Waals surface area contributed by atoms with Crippen LogP contribution in [-0.4, -0.2) is 39.5 Å². The van der Waals surface area contributed by atoms with Crippen LogP contribution >= 0.6 is 15.9 Å². The van der Waals surface area contributed by atoms with Crippen LogP contribution in [0.4, 0.5) is 0 Å². The molecule has 0 atom stereocenters. The molecule has 6 heteroatoms. The number of pyridine rings is 1. The fourth-order valence-corrected chi connectivity index (χ4v) is 1.87. The Bertz CT molecular complexity index is 449. The molecule has 0 bridgehead atoms. The van der Waals surface area contributed by atoms with E-state index in [2.05, 4.69) is 20.9 Å². The number of amides is 1. The Morgan fingerprint density at radius 1 is 1.44 bits per heavy atom. The van der Waals surface area contributed by atoms with Crippen LogP contribution in [-0.2, 0) is 4.79 Å². The van der Waals surface area contributed by atoms with E-state index in [0.717, 1.165) is 4.47 Å². The lowest BCUT2D eigenvalue weighted by molar-refractivity contribution is -0.137. The Kier molecular flexibility index (Phi) is 5.27. The van der Waals surface area contributed by atoms with Crippen molar-refractivity contribution in [3.8, 4) is 0 Å². The number of carboxylic acid groups (broad SMARTS) is 1. The molecule has 18 heavy (non-hydrogen) atoms. The quantitative estimate of drug-likeness (QED) is 0.904. The van der Waals surface area contributed by atoms with Crippen LogP contribution in [0.15, 0.2) is 22.9 Å². The largest absolute Gasteiger partial charge is 0.481 e. The molecule has 0 aromatic carbocycles. The highest BCUT2D eigenvalue weighted by atomic mass is 79.9. The van der Waals surface area contributed by atoms with E-state index < -0.39 is 5.97 Å². The summed E-state index contributed by atoms with van der Waals surface area (Å²) in [6.07, 6.45) is 3.00. The number of hydrogen-bond acceptors (Lipinski definition) is 3. The Labute approximate surface area is 114 Å². The van der Waals surface area contributed by atoms with Gasteiger partial charge in [-0.25, -0.2) is 0 Å². The summed E-state index contributed by atoms with van der Waals surface area (Å²) in [6, 6.07) is 1.61. The van der Waals surface area contributed by atoms with Crippen LogP contribution in [0.1, 0.15) is 30.6 Å². The van der Waals surface area contributed by atoms with Crippen LogP contribution < -0.4 is 0 Å². The van der Waals surface area contributed by atoms with Crippen molar-refractivity contribution < 1.29 is 14.7 Å². The summed E-state index contributed by atoms with van der Waals surface area (Å²) in [6.45, 7) is 3.90. The molecule has 0 spiro atoms. The second-order valence-corrected chi connectivity index (χ2v) is 5.04. The summed E-state index contributed by atoms with van der Waals surface area (Å²) in [4.78, 5) is 28.3. The zero-order chi connectivity index (χ0) is 13.7. The average molecular weight is 315 g/mol. The molecular formula is C12H15BrN2O3. The minimum atomic E-state index is -0.916. The van der Waals surface area contributed by atoms with Gasteiger partial charge in [-0.1, -0.05) is 0 Å². The van der Waals surface area contributed by atoms with E-state index in [1.807, 2.05) is 13.8 Å². The molecule has 0 fully saturated rings. The van der Waals surface area contributed by atoms with Crippen LogP contribution in [0, 0.1) is 0 Å². The lowest BCUT2D eigenvalue weighted by Crippen LogP contribution is -2.38. The summed E-state index contributed by atoms with van der Waals surface area (Å²) in [7, 11) is 0. The molecule has 0 radical (unpaired) electrons. The van der Waals surface area contributed by atoms with Gasteiger partial charge in [-0.15, -0.1) is 0 Å². The molecular weight excluding hydrogens is 300 g/mol. The average Bonchev–Trinajstić information content (AvgIpc) is 2.28. The van der Waals surface area contributed by atoms with E-state index >= 15 is 0 Å². The lowest BCUT2D eigenvalue weighted by atomic mass is 10.2. The Morgan fingerprint density at radius 3 is 2.61 bits per heavy atom. The van der Waals surface area contributed by atoms with E-state index in [4.69, 9.17) is 5.11 Å². The van der Waals surface area contributed by atoms with Gasteiger partial charge in [0.25, 0.3) is 5.91 Å². The summed E-state index contributed by atoms with van der Waals surface area (Å²) in [5.41, 5.74) is 0.448. The van der Waals surface area contributed by atoms with Gasteiger partial charge in [0.05, 0.1) is 12.0 Å². The third-order valence-electron chi connectivity index (χ3n) is 2.40. The molecule has 98 valence electrons. The molecule has 1 N–H and O–H groups in total. The number of halogens is 1. The van der Waals surface area contributed by atoms with Crippen molar-refractivity contribution in [3.63, 3.8) is 0 Å². The molecule has 0 saturated heterocycles. The van der Waals surface area contributed by atoms with Gasteiger partial charge in [0.1, 0.15) is 0 Å². The highest BCUT2D eigenvalue weighted by Crippen LogP contribution is 2.13. The summed E-state index contributed by atoms with van der Waals surface area (Å²) in [5, 5.41) is 8.68. The predicted molar refractivity (Wildman–Crippen MR) is 70.4 cm³/mol. The van der Waals surface area contributed by atoms with E-state index in [-0.39, 0.29) is 24.9 Å². The topological polar surface area (TPSA) is 70.5 Å². The van der Waals surface area contributed by atoms with Gasteiger partial charge >= 0.3 is 5.97 Å². The van der Waals surface area contributed by atoms with E-state index in [1.165, 1.54) is 11.1 Å². The molecule has 1 aromatic heterocycles. The van der Waals surface area contributed by atoms with Gasteiger partial charge in [0, 0.05) is 29.5 Å². The minimum Gasteiger partial charge on any atom is -0.481 e. The zero-order valence-corrected chi connectivity index (χ0v) is 11.8. The second-order valence-electron chi connectivity index (χ2n) is 4.13. The van der Waals surface area contributed by atoms with Crippen LogP contribution in [0.2, 0.25) is 0 Å². The second kappa shape index (κ2) is 6.49. The zero-order valence-electron chi connectivity index (χ0n) is 10.3. The van der Waals surface area contributed by atoms with Crippen molar-refractivity contribution in [3.05, 3.63) is 28.5 Å². The van der Waals surface area contributed by atoms with Crippen LogP contribution in [0.3, 0.4) is 0 Å². The van der Waals surface area contributed by atoms with Crippen LogP contribution in [0.25, 0.3) is 0 Å². The molecule has 1 rings (SSSR count). The summed E-state index contributed by atoms with van der Waals surface area (Å²) < 4.78 is 0.718. The number of hydrogen-bond donors (Lipinski definition) is 1. The highest BCUT2D eigenvalue weighted by Gasteiger charge is 2.19. The van der Waals surface area contributed by atoms with Crippen molar-refractivity contribution in [2.24, 2.45) is 0 Å². The van der Waals surface area contributed by atoms with Crippen LogP contribution in [0.5, 0.6) is 0 Å². The van der Waals surface area contributed by atoms with Crippen molar-refractivity contribution in [1.29, 1.82) is 0 Å². The lowest BCUT2D eigenvalue weighted by Gasteiger charge is -2.26. The van der Waals surface area contributed by atoms with Crippen molar-refractivity contribution in [1.82, 2.24) is 9.88 Å². The molecule has 0 unspecified atom stereocenters. The Balaban J connectivity index is 2.85. The normalized spacial score (nSPS) is 10.4. The highest BCUT2D eigenvalue weighted by molar-refractivity contribution is 9.10. The molecule has 0 aliphatic carbocycles. The van der Waals surface area contributed by atoms with Gasteiger partial charge in [0.2, 0.25) is 0 Å². The molecule has 0 aliphatic heterocycles. The van der Waals surface area contributed by atoms with Crippen molar-refractivity contribution >= 4 is 27.8 Å². The number of nitrogens with zero attached hydrogens (tertiary/aromatic N) is 2. The van der Waals surface area contributed by atoms with Crippen molar-refractivity contribution in [2.75, 3.05) is 6.54 Å². The summed E-state index contributed by atoms with van der Waals surface area (Å²) >= 11 is 3.25. The number of carboxylic acids is 1. The first kappa shape index (κ1) is 14.6. The number of carbonyl (C=O) groups is 2. The molecule has 0 aliphatic rings. The smallest absolute Gasteiger partial charge is 0.305 e. The SMILES string of the molecule is CC(C)N(CCC(=O)O)C(=O)c1cncc(Br)c1. The van der Waals surface area contributed by atoms with Gasteiger partial charge in [0.15, 0.2) is 0 Å². The van der Waals surface area contributed by atoms with E-state index in [9.17, 15) is 9.59 Å². The molecule has 1 heterocycles. The standard InChI is InChI=1S/C12H15BrN2O3/c1-8(2)15(4-3-11(16)17)12(18)9-5-10(13)7-14-6-9/h5-8H,3-4H2,1-2H3,(H,16,17). The number of aromatic nitrogens is 1. The van der Waals surface area contributed by atoms with Gasteiger partial charge < -0.3 is 10.0 Å². The number of carbonyl (C=O) groups excluding carboxylic acids is 1. The Morgan fingerprint density at radius 2 is 2.11 bits per heavy atom. The Hall–Kier alpha value is -1.43. The van der Waals surface area contributed by atoms with Gasteiger partial charge in [-0.2, -0.15) is 0 Å². The van der Waals surface area contributed by atoms with E-state index in [1.54, 1.807) is 12.3 Å². The number of aliphatic carboxylic acids is 1. The fourth-order valence-electron chi connectivity index (χ4n) is 1.50. The predicted octanol–water partition coefficient (Wildman–Crippen LogP) is 2.17. The molecule has 1 aromatic rings. The minimum absolute atomic E-state index is 0.0594. The van der Waals surface area contributed by atoms with Gasteiger partial charge in [-0.05, 0) is 35.8 Å². The first-order valence-corrected chi connectivity index (χ1v) is 6.34. The maximum absolute atomic E-state index is 12.2. The molecule has 5 nitrogen and oxygen atoms in total. The maximum Gasteiger partial charge on any atom is 0.305 e. The first-order chi connectivity index (χ1) is 8.41. The van der Waals surface area contributed by atoms with Gasteiger partial charge in [-0.3, -0.25) is 14.6 Å². The maximum atomic E-state index is 12.2. The first-order valence-electron chi connectivity index (χ1n) is 5.55. The van der Waals surface area contributed by atoms with Crippen molar-refractivity contribution in [2.45, 2.75) is 26.3 Å². The monoisotopic (exact) mass is 314 g/mol. The molecule has 0 saturated carbocycles. The number of rotatable bonds is 5. The third-order valence-corrected chi connectivity index (χ3v) is 2.84. The van der Waals surface area contributed by atoms with E-state index in [0.29, 0.717) is 5.56 Å². The fraction of sp³-hybridized carbons (Fsp3) is 0.417.